The van der Waals surface area contributed by atoms with E-state index in [-0.39, 0.29) is 11.9 Å². The molecule has 0 spiro atoms. The Kier molecular flexibility index (Phi) is 4.28. The van der Waals surface area contributed by atoms with Crippen molar-refractivity contribution in [1.29, 1.82) is 0 Å². The number of hydrogen-bond acceptors (Lipinski definition) is 3. The molecule has 1 unspecified atom stereocenters. The van der Waals surface area contributed by atoms with Crippen molar-refractivity contribution in [2.45, 2.75) is 26.8 Å². The number of ether oxygens (including phenoxy) is 1. The van der Waals surface area contributed by atoms with Crippen LogP contribution in [-0.4, -0.2) is 24.0 Å². The summed E-state index contributed by atoms with van der Waals surface area (Å²) >= 11 is 0. The Hall–Kier alpha value is -1.58. The quantitative estimate of drug-likeness (QED) is 0.846. The summed E-state index contributed by atoms with van der Waals surface area (Å²) < 4.78 is 4.93. The minimum atomic E-state index is -0.101. The Labute approximate surface area is 96.0 Å². The highest BCUT2D eigenvalue weighted by Crippen LogP contribution is 2.07. The second-order valence-electron chi connectivity index (χ2n) is 4.10. The smallest absolute Gasteiger partial charge is 0.253 e. The normalized spacial score (nSPS) is 12.3. The van der Waals surface area contributed by atoms with Crippen molar-refractivity contribution >= 4 is 5.91 Å². The number of rotatable bonds is 4. The van der Waals surface area contributed by atoms with Crippen LogP contribution in [0.25, 0.3) is 0 Å². The lowest BCUT2D eigenvalue weighted by molar-refractivity contribution is 0.0930. The van der Waals surface area contributed by atoms with E-state index in [4.69, 9.17) is 4.74 Å². The van der Waals surface area contributed by atoms with Crippen molar-refractivity contribution in [2.24, 2.45) is 5.92 Å². The average molecular weight is 222 g/mol. The first-order chi connectivity index (χ1) is 7.54. The van der Waals surface area contributed by atoms with Crippen LogP contribution in [0.3, 0.4) is 0 Å². The lowest BCUT2D eigenvalue weighted by Gasteiger charge is -2.17. The molecule has 4 nitrogen and oxygen atoms in total. The monoisotopic (exact) mass is 222 g/mol. The Balaban J connectivity index is 2.66. The van der Waals surface area contributed by atoms with Crippen molar-refractivity contribution in [3.05, 3.63) is 23.9 Å². The summed E-state index contributed by atoms with van der Waals surface area (Å²) in [5.74, 6) is 0.819. The highest BCUT2D eigenvalue weighted by atomic mass is 16.5. The van der Waals surface area contributed by atoms with Gasteiger partial charge >= 0.3 is 0 Å². The van der Waals surface area contributed by atoms with Crippen molar-refractivity contribution in [3.8, 4) is 5.88 Å². The summed E-state index contributed by atoms with van der Waals surface area (Å²) in [7, 11) is 1.54. The Morgan fingerprint density at radius 1 is 1.38 bits per heavy atom. The standard InChI is InChI=1S/C12H18N2O2/c1-8(2)9(3)14-12(15)10-5-6-11(16-4)13-7-10/h5-9H,1-4H3,(H,14,15). The topological polar surface area (TPSA) is 51.2 Å². The third kappa shape index (κ3) is 3.22. The van der Waals surface area contributed by atoms with E-state index in [1.807, 2.05) is 6.92 Å². The van der Waals surface area contributed by atoms with Gasteiger partial charge < -0.3 is 10.1 Å². The maximum Gasteiger partial charge on any atom is 0.253 e. The molecule has 16 heavy (non-hydrogen) atoms. The van der Waals surface area contributed by atoms with Gasteiger partial charge in [0.2, 0.25) is 5.88 Å². The molecule has 1 rings (SSSR count). The predicted molar refractivity (Wildman–Crippen MR) is 62.6 cm³/mol. The van der Waals surface area contributed by atoms with Crippen molar-refractivity contribution in [1.82, 2.24) is 10.3 Å². The zero-order chi connectivity index (χ0) is 12.1. The summed E-state index contributed by atoms with van der Waals surface area (Å²) in [6.45, 7) is 6.12. The van der Waals surface area contributed by atoms with Gasteiger partial charge in [0.15, 0.2) is 0 Å². The van der Waals surface area contributed by atoms with Crippen LogP contribution in [0.4, 0.5) is 0 Å². The maximum absolute atomic E-state index is 11.8. The molecular formula is C12H18N2O2. The van der Waals surface area contributed by atoms with Gasteiger partial charge in [-0.1, -0.05) is 13.8 Å². The Morgan fingerprint density at radius 3 is 2.50 bits per heavy atom. The molecule has 0 saturated heterocycles. The number of methoxy groups -OCH3 is 1. The number of carbonyl (C=O) groups is 1. The number of nitrogens with zero attached hydrogens (tertiary/aromatic N) is 1. The van der Waals surface area contributed by atoms with E-state index in [1.54, 1.807) is 19.2 Å². The first kappa shape index (κ1) is 12.5. The van der Waals surface area contributed by atoms with E-state index in [2.05, 4.69) is 24.1 Å². The number of hydrogen-bond donors (Lipinski definition) is 1. The van der Waals surface area contributed by atoms with Crippen LogP contribution in [0.5, 0.6) is 5.88 Å². The van der Waals surface area contributed by atoms with E-state index in [9.17, 15) is 4.79 Å². The van der Waals surface area contributed by atoms with Crippen molar-refractivity contribution in [2.75, 3.05) is 7.11 Å². The van der Waals surface area contributed by atoms with Gasteiger partial charge in [-0.2, -0.15) is 0 Å². The maximum atomic E-state index is 11.8. The number of pyridine rings is 1. The van der Waals surface area contributed by atoms with Gasteiger partial charge in [0, 0.05) is 18.3 Å². The molecule has 1 aromatic rings. The van der Waals surface area contributed by atoms with E-state index in [1.165, 1.54) is 6.20 Å². The molecule has 1 aromatic heterocycles. The minimum absolute atomic E-state index is 0.101. The minimum Gasteiger partial charge on any atom is -0.481 e. The fourth-order valence-electron chi connectivity index (χ4n) is 1.09. The summed E-state index contributed by atoms with van der Waals surface area (Å²) in [6, 6.07) is 3.53. The third-order valence-corrected chi connectivity index (χ3v) is 2.57. The van der Waals surface area contributed by atoms with Gasteiger partial charge in [-0.3, -0.25) is 4.79 Å². The first-order valence-electron chi connectivity index (χ1n) is 5.35. The van der Waals surface area contributed by atoms with Crippen LogP contribution in [0.15, 0.2) is 18.3 Å². The number of carbonyl (C=O) groups excluding carboxylic acids is 1. The van der Waals surface area contributed by atoms with E-state index < -0.39 is 0 Å². The van der Waals surface area contributed by atoms with Gasteiger partial charge in [-0.15, -0.1) is 0 Å². The molecule has 1 amide bonds. The zero-order valence-electron chi connectivity index (χ0n) is 10.2. The molecular weight excluding hydrogens is 204 g/mol. The SMILES string of the molecule is COc1ccc(C(=O)NC(C)C(C)C)cn1. The number of nitrogens with one attached hydrogen (secondary N) is 1. The van der Waals surface area contributed by atoms with Gasteiger partial charge in [0.05, 0.1) is 12.7 Å². The summed E-state index contributed by atoms with van der Waals surface area (Å²) in [4.78, 5) is 15.8. The lowest BCUT2D eigenvalue weighted by atomic mass is 10.1. The molecule has 0 aliphatic carbocycles. The largest absolute Gasteiger partial charge is 0.481 e. The molecule has 0 radical (unpaired) electrons. The van der Waals surface area contributed by atoms with Crippen molar-refractivity contribution in [3.63, 3.8) is 0 Å². The fourth-order valence-corrected chi connectivity index (χ4v) is 1.09. The molecule has 1 N–H and O–H groups in total. The van der Waals surface area contributed by atoms with Gasteiger partial charge in [0.25, 0.3) is 5.91 Å². The van der Waals surface area contributed by atoms with E-state index >= 15 is 0 Å². The summed E-state index contributed by atoms with van der Waals surface area (Å²) in [5, 5.41) is 2.91. The summed E-state index contributed by atoms with van der Waals surface area (Å²) in [5.41, 5.74) is 0.549. The number of aromatic nitrogens is 1. The molecule has 0 fully saturated rings. The molecule has 0 aromatic carbocycles. The third-order valence-electron chi connectivity index (χ3n) is 2.57. The predicted octanol–water partition coefficient (Wildman–Crippen LogP) is 1.86. The second-order valence-corrected chi connectivity index (χ2v) is 4.10. The second kappa shape index (κ2) is 5.49. The molecule has 0 saturated carbocycles. The Bertz CT molecular complexity index is 347. The molecule has 4 heteroatoms. The van der Waals surface area contributed by atoms with Crippen LogP contribution in [0.1, 0.15) is 31.1 Å². The number of amides is 1. The molecule has 88 valence electrons. The van der Waals surface area contributed by atoms with Gasteiger partial charge in [-0.25, -0.2) is 4.98 Å². The fraction of sp³-hybridized carbons (Fsp3) is 0.500. The highest BCUT2D eigenvalue weighted by Gasteiger charge is 2.12. The molecule has 0 bridgehead atoms. The lowest BCUT2D eigenvalue weighted by Crippen LogP contribution is -2.36. The summed E-state index contributed by atoms with van der Waals surface area (Å²) in [6.07, 6.45) is 1.52. The molecule has 1 atom stereocenters. The van der Waals surface area contributed by atoms with Crippen LogP contribution in [-0.2, 0) is 0 Å². The first-order valence-corrected chi connectivity index (χ1v) is 5.35. The van der Waals surface area contributed by atoms with Crippen molar-refractivity contribution < 1.29 is 9.53 Å². The van der Waals surface area contributed by atoms with Gasteiger partial charge in [0.1, 0.15) is 0 Å². The molecule has 1 heterocycles. The van der Waals surface area contributed by atoms with Crippen LogP contribution >= 0.6 is 0 Å². The zero-order valence-corrected chi connectivity index (χ0v) is 10.2. The highest BCUT2D eigenvalue weighted by molar-refractivity contribution is 5.94. The van der Waals surface area contributed by atoms with E-state index in [0.29, 0.717) is 17.4 Å². The van der Waals surface area contributed by atoms with E-state index in [0.717, 1.165) is 0 Å². The van der Waals surface area contributed by atoms with Gasteiger partial charge in [-0.05, 0) is 18.9 Å². The van der Waals surface area contributed by atoms with Crippen LogP contribution < -0.4 is 10.1 Å². The Morgan fingerprint density at radius 2 is 2.06 bits per heavy atom. The molecule has 0 aliphatic rings. The molecule has 0 aliphatic heterocycles. The van der Waals surface area contributed by atoms with Crippen LogP contribution in [0.2, 0.25) is 0 Å². The van der Waals surface area contributed by atoms with Crippen LogP contribution in [0, 0.1) is 5.92 Å². The average Bonchev–Trinajstić information content (AvgIpc) is 2.28.